The summed E-state index contributed by atoms with van der Waals surface area (Å²) in [6.45, 7) is 0. The highest BCUT2D eigenvalue weighted by Gasteiger charge is 2.01. The molecule has 0 heterocycles. The van der Waals surface area contributed by atoms with Crippen LogP contribution in [0.3, 0.4) is 0 Å². The molecule has 0 saturated carbocycles. The van der Waals surface area contributed by atoms with Gasteiger partial charge in [-0.15, -0.1) is 0 Å². The maximum absolute atomic E-state index is 11.1. The molecule has 0 aliphatic carbocycles. The van der Waals surface area contributed by atoms with Gasteiger partial charge in [0, 0.05) is 5.41 Å². The van der Waals surface area contributed by atoms with Crippen LogP contribution >= 0.6 is 0 Å². The minimum Gasteiger partial charge on any atom is -0.290 e. The number of hydrogen-bond donors (Lipinski definition) is 1. The molecule has 0 unspecified atom stereocenters. The van der Waals surface area contributed by atoms with Gasteiger partial charge in [-0.1, -0.05) is 35.2 Å². The number of rotatable bonds is 4. The van der Waals surface area contributed by atoms with Crippen LogP contribution in [0.1, 0.15) is 5.56 Å². The minimum atomic E-state index is -3.48. The molecule has 0 aliphatic rings. The average Bonchev–Trinajstić information content (AvgIpc) is 2.17. The van der Waals surface area contributed by atoms with Crippen LogP contribution in [0.25, 0.3) is 6.08 Å². The zero-order chi connectivity index (χ0) is 10.4. The Balaban J connectivity index is 2.74. The lowest BCUT2D eigenvalue weighted by Gasteiger charge is -1.97. The van der Waals surface area contributed by atoms with Gasteiger partial charge in [0.2, 0.25) is 0 Å². The van der Waals surface area contributed by atoms with Crippen molar-refractivity contribution < 1.29 is 13.3 Å². The van der Waals surface area contributed by atoms with E-state index in [0.29, 0.717) is 0 Å². The van der Waals surface area contributed by atoms with Crippen molar-refractivity contribution in [2.24, 2.45) is 0 Å². The molecule has 0 aliphatic heterocycles. The van der Waals surface area contributed by atoms with Crippen LogP contribution in [0.15, 0.2) is 35.7 Å². The van der Waals surface area contributed by atoms with Gasteiger partial charge in [-0.05, 0) is 11.6 Å². The van der Waals surface area contributed by atoms with E-state index in [4.69, 9.17) is 0 Å². The zero-order valence-electron chi connectivity index (χ0n) is 7.67. The highest BCUT2D eigenvalue weighted by Crippen LogP contribution is 2.02. The van der Waals surface area contributed by atoms with Crippen LogP contribution in [-0.2, 0) is 14.9 Å². The van der Waals surface area contributed by atoms with Crippen LogP contribution in [0.5, 0.6) is 0 Å². The topological polar surface area (TPSA) is 55.4 Å². The second kappa shape index (κ2) is 4.90. The van der Waals surface area contributed by atoms with Crippen molar-refractivity contribution in [2.45, 2.75) is 0 Å². The van der Waals surface area contributed by atoms with Gasteiger partial charge < -0.3 is 0 Å². The summed E-state index contributed by atoms with van der Waals surface area (Å²) in [6.07, 6.45) is 1.49. The molecule has 0 fully saturated rings. The molecule has 0 saturated heterocycles. The molecule has 76 valence electrons. The Bertz CT molecular complexity index is 397. The van der Waals surface area contributed by atoms with Gasteiger partial charge >= 0.3 is 0 Å². The van der Waals surface area contributed by atoms with E-state index in [2.05, 4.69) is 4.84 Å². The van der Waals surface area contributed by atoms with Crippen LogP contribution < -0.4 is 4.89 Å². The van der Waals surface area contributed by atoms with Crippen molar-refractivity contribution in [1.82, 2.24) is 4.89 Å². The zero-order valence-corrected chi connectivity index (χ0v) is 8.49. The summed E-state index contributed by atoms with van der Waals surface area (Å²) in [4.78, 5) is 6.18. The smallest absolute Gasteiger partial charge is 0.255 e. The van der Waals surface area contributed by atoms with E-state index in [1.54, 1.807) is 12.1 Å². The molecular weight excluding hydrogens is 202 g/mol. The maximum Gasteiger partial charge on any atom is 0.255 e. The van der Waals surface area contributed by atoms with Crippen LogP contribution in [0.2, 0.25) is 0 Å². The SMILES string of the molecule is CONS(=O)(=O)C=Cc1ccccc1. The summed E-state index contributed by atoms with van der Waals surface area (Å²) in [5, 5.41) is 1.05. The van der Waals surface area contributed by atoms with Gasteiger partial charge in [0.15, 0.2) is 0 Å². The van der Waals surface area contributed by atoms with Crippen molar-refractivity contribution in [3.8, 4) is 0 Å². The van der Waals surface area contributed by atoms with Crippen LogP contribution in [-0.4, -0.2) is 15.5 Å². The molecule has 0 radical (unpaired) electrons. The fourth-order valence-electron chi connectivity index (χ4n) is 0.876. The van der Waals surface area contributed by atoms with Crippen LogP contribution in [0, 0.1) is 0 Å². The summed E-state index contributed by atoms with van der Waals surface area (Å²) >= 11 is 0. The molecular formula is C9H11NO3S. The van der Waals surface area contributed by atoms with Crippen molar-refractivity contribution >= 4 is 16.1 Å². The Hall–Kier alpha value is -1.17. The highest BCUT2D eigenvalue weighted by molar-refractivity contribution is 7.92. The Morgan fingerprint density at radius 1 is 1.29 bits per heavy atom. The first-order valence-corrected chi connectivity index (χ1v) is 5.46. The predicted molar refractivity (Wildman–Crippen MR) is 54.5 cm³/mol. The summed E-state index contributed by atoms with van der Waals surface area (Å²) in [6, 6.07) is 9.13. The number of sulfonamides is 1. The molecule has 1 rings (SSSR count). The first kappa shape index (κ1) is 10.9. The second-order valence-corrected chi connectivity index (χ2v) is 4.07. The standard InChI is InChI=1S/C9H11NO3S/c1-13-10-14(11,12)8-7-9-5-3-2-4-6-9/h2-8,10H,1H3. The molecule has 0 spiro atoms. The Morgan fingerprint density at radius 3 is 2.50 bits per heavy atom. The minimum absolute atomic E-state index is 0.814. The molecule has 1 aromatic rings. The Kier molecular flexibility index (Phi) is 3.82. The van der Waals surface area contributed by atoms with Gasteiger partial charge in [-0.2, -0.15) is 0 Å². The molecule has 1 N–H and O–H groups in total. The summed E-state index contributed by atoms with van der Waals surface area (Å²) < 4.78 is 22.2. The van der Waals surface area contributed by atoms with E-state index < -0.39 is 10.0 Å². The molecule has 1 aromatic carbocycles. The first-order valence-electron chi connectivity index (χ1n) is 3.92. The van der Waals surface area contributed by atoms with Gasteiger partial charge in [-0.3, -0.25) is 4.84 Å². The monoisotopic (exact) mass is 213 g/mol. The van der Waals surface area contributed by atoms with Gasteiger partial charge in [-0.25, -0.2) is 8.42 Å². The molecule has 0 atom stereocenters. The van der Waals surface area contributed by atoms with Crippen molar-refractivity contribution in [3.05, 3.63) is 41.3 Å². The molecule has 14 heavy (non-hydrogen) atoms. The first-order chi connectivity index (χ1) is 6.64. The van der Waals surface area contributed by atoms with E-state index in [9.17, 15) is 8.42 Å². The van der Waals surface area contributed by atoms with Gasteiger partial charge in [0.25, 0.3) is 10.0 Å². The molecule has 5 heteroatoms. The normalized spacial score (nSPS) is 12.1. The quantitative estimate of drug-likeness (QED) is 0.763. The third kappa shape index (κ3) is 3.69. The van der Waals surface area contributed by atoms with E-state index in [1.807, 2.05) is 23.1 Å². The fourth-order valence-corrected chi connectivity index (χ4v) is 1.50. The molecule has 4 nitrogen and oxygen atoms in total. The van der Waals surface area contributed by atoms with Crippen molar-refractivity contribution in [3.63, 3.8) is 0 Å². The lowest BCUT2D eigenvalue weighted by molar-refractivity contribution is 0.154. The lowest BCUT2D eigenvalue weighted by Crippen LogP contribution is -2.19. The predicted octanol–water partition coefficient (Wildman–Crippen LogP) is 1.14. The third-order valence-electron chi connectivity index (χ3n) is 1.44. The van der Waals surface area contributed by atoms with E-state index in [-0.39, 0.29) is 0 Å². The maximum atomic E-state index is 11.1. The van der Waals surface area contributed by atoms with E-state index >= 15 is 0 Å². The van der Waals surface area contributed by atoms with E-state index in [1.165, 1.54) is 13.2 Å². The van der Waals surface area contributed by atoms with Gasteiger partial charge in [0.1, 0.15) is 0 Å². The lowest BCUT2D eigenvalue weighted by atomic mass is 10.2. The van der Waals surface area contributed by atoms with Crippen LogP contribution in [0.4, 0.5) is 0 Å². The Morgan fingerprint density at radius 2 is 1.93 bits per heavy atom. The summed E-state index contributed by atoms with van der Waals surface area (Å²) in [5.74, 6) is 0. The number of benzene rings is 1. The summed E-state index contributed by atoms with van der Waals surface area (Å²) in [7, 11) is -2.24. The van der Waals surface area contributed by atoms with Crippen molar-refractivity contribution in [1.29, 1.82) is 0 Å². The molecule has 0 aromatic heterocycles. The third-order valence-corrected chi connectivity index (χ3v) is 2.33. The van der Waals surface area contributed by atoms with Crippen molar-refractivity contribution in [2.75, 3.05) is 7.11 Å². The highest BCUT2D eigenvalue weighted by atomic mass is 32.2. The van der Waals surface area contributed by atoms with Gasteiger partial charge in [0.05, 0.1) is 7.11 Å². The average molecular weight is 213 g/mol. The second-order valence-electron chi connectivity index (χ2n) is 2.55. The number of nitrogens with one attached hydrogen (secondary N) is 1. The largest absolute Gasteiger partial charge is 0.290 e. The fraction of sp³-hybridized carbons (Fsp3) is 0.111. The molecule has 0 bridgehead atoms. The van der Waals surface area contributed by atoms with E-state index in [0.717, 1.165) is 11.0 Å². The number of hydrogen-bond acceptors (Lipinski definition) is 3. The summed E-state index contributed by atoms with van der Waals surface area (Å²) in [5.41, 5.74) is 0.814. The molecule has 0 amide bonds. The Labute approximate surface area is 83.2 Å².